The highest BCUT2D eigenvalue weighted by atomic mass is 16.6. The van der Waals surface area contributed by atoms with E-state index in [4.69, 9.17) is 10.6 Å². The monoisotopic (exact) mass is 302 g/mol. The fourth-order valence-electron chi connectivity index (χ4n) is 1.68. The van der Waals surface area contributed by atoms with E-state index in [1.807, 2.05) is 0 Å². The van der Waals surface area contributed by atoms with Crippen LogP contribution in [0.3, 0.4) is 0 Å². The normalized spacial score (nSPS) is 10.5. The zero-order chi connectivity index (χ0) is 16.1. The van der Waals surface area contributed by atoms with Crippen molar-refractivity contribution >= 4 is 17.6 Å². The van der Waals surface area contributed by atoms with Crippen LogP contribution in [0.1, 0.15) is 5.56 Å². The van der Waals surface area contributed by atoms with Crippen molar-refractivity contribution in [3.05, 3.63) is 68.3 Å². The molecule has 2 aromatic carbocycles. The second-order valence-electron chi connectivity index (χ2n) is 4.12. The van der Waals surface area contributed by atoms with Gasteiger partial charge in [-0.15, -0.1) is 0 Å². The molecule has 0 fully saturated rings. The molecule has 9 heteroatoms. The van der Waals surface area contributed by atoms with Gasteiger partial charge in [-0.3, -0.25) is 20.2 Å². The molecule has 0 saturated heterocycles. The topological polar surface area (TPSA) is 134 Å². The number of rotatable bonds is 5. The molecule has 0 aliphatic carbocycles. The lowest BCUT2D eigenvalue weighted by molar-refractivity contribution is -0.394. The summed E-state index contributed by atoms with van der Waals surface area (Å²) in [4.78, 5) is 20.2. The van der Waals surface area contributed by atoms with Crippen LogP contribution in [-0.2, 0) is 0 Å². The molecular weight excluding hydrogens is 292 g/mol. The number of non-ortho nitro benzene ring substituents is 1. The Morgan fingerprint density at radius 2 is 1.73 bits per heavy atom. The number of nitro groups is 2. The van der Waals surface area contributed by atoms with Gasteiger partial charge < -0.3 is 10.6 Å². The van der Waals surface area contributed by atoms with Crippen molar-refractivity contribution in [1.82, 2.24) is 0 Å². The number of nitro benzene ring substituents is 2. The van der Waals surface area contributed by atoms with Crippen molar-refractivity contribution in [2.24, 2.45) is 10.9 Å². The summed E-state index contributed by atoms with van der Waals surface area (Å²) < 4.78 is 5.40. The molecule has 0 aliphatic rings. The van der Waals surface area contributed by atoms with Gasteiger partial charge in [0.25, 0.3) is 5.69 Å². The fourth-order valence-corrected chi connectivity index (χ4v) is 1.68. The Hall–Kier alpha value is -3.49. The van der Waals surface area contributed by atoms with Gasteiger partial charge in [-0.25, -0.2) is 0 Å². The molecule has 0 atom stereocenters. The molecule has 0 amide bonds. The van der Waals surface area contributed by atoms with Crippen LogP contribution in [0.4, 0.5) is 11.4 Å². The molecule has 0 bridgehead atoms. The van der Waals surface area contributed by atoms with Crippen molar-refractivity contribution < 1.29 is 14.6 Å². The molecule has 0 saturated carbocycles. The molecule has 112 valence electrons. The van der Waals surface area contributed by atoms with Crippen LogP contribution in [0, 0.1) is 20.2 Å². The summed E-state index contributed by atoms with van der Waals surface area (Å²) >= 11 is 0. The summed E-state index contributed by atoms with van der Waals surface area (Å²) in [6.45, 7) is 0. The first-order chi connectivity index (χ1) is 10.5. The summed E-state index contributed by atoms with van der Waals surface area (Å²) in [6, 6.07) is 9.63. The molecule has 2 N–H and O–H groups in total. The van der Waals surface area contributed by atoms with Gasteiger partial charge in [-0.1, -0.05) is 0 Å². The predicted molar refractivity (Wildman–Crippen MR) is 78.0 cm³/mol. The predicted octanol–water partition coefficient (Wildman–Crippen LogP) is 2.59. The minimum atomic E-state index is -0.738. The van der Waals surface area contributed by atoms with E-state index in [2.05, 4.69) is 5.10 Å². The zero-order valence-electron chi connectivity index (χ0n) is 11.1. The lowest BCUT2D eigenvalue weighted by atomic mass is 10.2. The van der Waals surface area contributed by atoms with Gasteiger partial charge in [0.2, 0.25) is 5.75 Å². The number of hydrogen-bond acceptors (Lipinski definition) is 7. The zero-order valence-corrected chi connectivity index (χ0v) is 11.1. The quantitative estimate of drug-likeness (QED) is 0.390. The van der Waals surface area contributed by atoms with Crippen LogP contribution < -0.4 is 10.6 Å². The van der Waals surface area contributed by atoms with Crippen molar-refractivity contribution in [2.75, 3.05) is 0 Å². The number of nitrogens with two attached hydrogens (primary N) is 1. The molecule has 0 spiro atoms. The molecule has 0 heterocycles. The van der Waals surface area contributed by atoms with E-state index in [0.29, 0.717) is 5.75 Å². The fraction of sp³-hybridized carbons (Fsp3) is 0. The van der Waals surface area contributed by atoms with Crippen molar-refractivity contribution in [1.29, 1.82) is 0 Å². The molecular formula is C13H10N4O5. The largest absolute Gasteiger partial charge is 0.450 e. The number of ether oxygens (including phenoxy) is 1. The van der Waals surface area contributed by atoms with E-state index in [-0.39, 0.29) is 11.4 Å². The van der Waals surface area contributed by atoms with Gasteiger partial charge >= 0.3 is 5.69 Å². The third-order valence-electron chi connectivity index (χ3n) is 2.68. The minimum Gasteiger partial charge on any atom is -0.450 e. The average Bonchev–Trinajstić information content (AvgIpc) is 2.49. The van der Waals surface area contributed by atoms with Crippen LogP contribution in [0.15, 0.2) is 47.6 Å². The van der Waals surface area contributed by atoms with Crippen LogP contribution in [0.5, 0.6) is 11.5 Å². The first kappa shape index (κ1) is 14.9. The summed E-state index contributed by atoms with van der Waals surface area (Å²) in [5, 5.41) is 25.0. The standard InChI is InChI=1S/C13H10N4O5/c14-15-8-9-1-4-11(5-2-9)22-13-6-3-10(16(18)19)7-12(13)17(20)21/h1-8H,14H2. The summed E-state index contributed by atoms with van der Waals surface area (Å²) in [5.41, 5.74) is -0.136. The van der Waals surface area contributed by atoms with E-state index in [0.717, 1.165) is 17.7 Å². The third-order valence-corrected chi connectivity index (χ3v) is 2.68. The first-order valence-corrected chi connectivity index (χ1v) is 5.95. The molecule has 9 nitrogen and oxygen atoms in total. The summed E-state index contributed by atoms with van der Waals surface area (Å²) in [5.74, 6) is 5.27. The molecule has 22 heavy (non-hydrogen) atoms. The highest BCUT2D eigenvalue weighted by molar-refractivity contribution is 5.79. The first-order valence-electron chi connectivity index (χ1n) is 5.95. The lowest BCUT2D eigenvalue weighted by Gasteiger charge is -2.06. The maximum absolute atomic E-state index is 11.0. The van der Waals surface area contributed by atoms with E-state index in [9.17, 15) is 20.2 Å². The van der Waals surface area contributed by atoms with E-state index in [1.54, 1.807) is 24.3 Å². The van der Waals surface area contributed by atoms with Crippen LogP contribution in [0.25, 0.3) is 0 Å². The Balaban J connectivity index is 2.32. The number of hydrogen-bond donors (Lipinski definition) is 1. The van der Waals surface area contributed by atoms with Gasteiger partial charge in [0.05, 0.1) is 22.1 Å². The van der Waals surface area contributed by atoms with Crippen molar-refractivity contribution in [2.45, 2.75) is 0 Å². The van der Waals surface area contributed by atoms with E-state index in [1.165, 1.54) is 12.3 Å². The van der Waals surface area contributed by atoms with Gasteiger partial charge in [-0.05, 0) is 35.9 Å². The molecule has 0 aromatic heterocycles. The highest BCUT2D eigenvalue weighted by Crippen LogP contribution is 2.34. The molecule has 0 aliphatic heterocycles. The third kappa shape index (κ3) is 3.33. The smallest absolute Gasteiger partial charge is 0.318 e. The Labute approximate surface area is 123 Å². The number of hydrazone groups is 1. The lowest BCUT2D eigenvalue weighted by Crippen LogP contribution is -1.96. The number of nitrogens with zero attached hydrogens (tertiary/aromatic N) is 3. The van der Waals surface area contributed by atoms with Gasteiger partial charge in [0.15, 0.2) is 0 Å². The Morgan fingerprint density at radius 3 is 2.27 bits per heavy atom. The van der Waals surface area contributed by atoms with Gasteiger partial charge in [0.1, 0.15) is 5.75 Å². The summed E-state index contributed by atoms with van der Waals surface area (Å²) in [7, 11) is 0. The molecule has 0 radical (unpaired) electrons. The van der Waals surface area contributed by atoms with Crippen LogP contribution in [0.2, 0.25) is 0 Å². The second-order valence-corrected chi connectivity index (χ2v) is 4.12. The minimum absolute atomic E-state index is 0.0872. The van der Waals surface area contributed by atoms with Crippen LogP contribution >= 0.6 is 0 Å². The second kappa shape index (κ2) is 6.31. The van der Waals surface area contributed by atoms with Crippen molar-refractivity contribution in [3.63, 3.8) is 0 Å². The molecule has 2 rings (SSSR count). The molecule has 0 unspecified atom stereocenters. The van der Waals surface area contributed by atoms with E-state index >= 15 is 0 Å². The SMILES string of the molecule is NN=Cc1ccc(Oc2ccc([N+](=O)[O-])cc2[N+](=O)[O-])cc1. The Kier molecular flexibility index (Phi) is 4.27. The maximum Gasteiger partial charge on any atom is 0.318 e. The maximum atomic E-state index is 11.0. The highest BCUT2D eigenvalue weighted by Gasteiger charge is 2.21. The molecule has 2 aromatic rings. The summed E-state index contributed by atoms with van der Waals surface area (Å²) in [6.07, 6.45) is 1.43. The average molecular weight is 302 g/mol. The Morgan fingerprint density at radius 1 is 1.05 bits per heavy atom. The number of benzene rings is 2. The van der Waals surface area contributed by atoms with E-state index < -0.39 is 15.5 Å². The van der Waals surface area contributed by atoms with Crippen molar-refractivity contribution in [3.8, 4) is 11.5 Å². The van der Waals surface area contributed by atoms with Gasteiger partial charge in [-0.2, -0.15) is 5.10 Å². The van der Waals surface area contributed by atoms with Gasteiger partial charge in [0, 0.05) is 6.07 Å². The Bertz CT molecular complexity index is 743. The van der Waals surface area contributed by atoms with Crippen LogP contribution in [-0.4, -0.2) is 16.1 Å².